The van der Waals surface area contributed by atoms with E-state index in [0.717, 1.165) is 11.4 Å². The molecule has 1 aromatic heterocycles. The van der Waals surface area contributed by atoms with Crippen LogP contribution in [0, 0.1) is 6.92 Å². The molecule has 0 spiro atoms. The lowest BCUT2D eigenvalue weighted by molar-refractivity contribution is -0.111. The molecule has 0 aliphatic carbocycles. The highest BCUT2D eigenvalue weighted by atomic mass is 16.1. The summed E-state index contributed by atoms with van der Waals surface area (Å²) in [6.45, 7) is 3.61. The molecular weight excluding hydrogens is 340 g/mol. The maximum absolute atomic E-state index is 12.9. The van der Waals surface area contributed by atoms with Gasteiger partial charge in [-0.05, 0) is 38.1 Å². The first-order valence-corrected chi connectivity index (χ1v) is 8.62. The highest BCUT2D eigenvalue weighted by molar-refractivity contribution is 5.99. The summed E-state index contributed by atoms with van der Waals surface area (Å²) in [6, 6.07) is 18.6. The number of para-hydroxylation sites is 2. The number of allylic oxidation sites excluding steroid dienone is 1. The smallest absolute Gasteiger partial charge is 0.295 e. The average molecular weight is 362 g/mol. The summed E-state index contributed by atoms with van der Waals surface area (Å²) in [5.74, 6) is -0.261. The fraction of sp³-hybridized carbons (Fsp3) is 0.143. The van der Waals surface area contributed by atoms with Crippen molar-refractivity contribution in [2.45, 2.75) is 13.8 Å². The summed E-state index contributed by atoms with van der Waals surface area (Å²) in [5, 5.41) is 5.86. The zero-order valence-corrected chi connectivity index (χ0v) is 15.6. The zero-order chi connectivity index (χ0) is 19.4. The molecule has 6 heteroatoms. The van der Waals surface area contributed by atoms with Gasteiger partial charge in [-0.15, -0.1) is 0 Å². The Morgan fingerprint density at radius 2 is 1.56 bits per heavy atom. The number of nitrogens with zero attached hydrogens (tertiary/aromatic N) is 2. The second-order valence-corrected chi connectivity index (χ2v) is 6.24. The zero-order valence-electron chi connectivity index (χ0n) is 15.6. The van der Waals surface area contributed by atoms with Crippen molar-refractivity contribution in [1.82, 2.24) is 9.36 Å². The summed E-state index contributed by atoms with van der Waals surface area (Å²) in [4.78, 5) is 25.0. The van der Waals surface area contributed by atoms with Gasteiger partial charge >= 0.3 is 0 Å². The molecule has 27 heavy (non-hydrogen) atoms. The number of anilines is 2. The maximum Gasteiger partial charge on any atom is 0.295 e. The lowest BCUT2D eigenvalue weighted by atomic mass is 10.3. The van der Waals surface area contributed by atoms with E-state index in [1.54, 1.807) is 16.3 Å². The van der Waals surface area contributed by atoms with Crippen molar-refractivity contribution in [3.05, 3.63) is 88.5 Å². The molecule has 2 aromatic carbocycles. The standard InChI is InChI=1S/C21H22N4O2/c1-15(14-19(26)23-17-10-6-4-7-11-17)22-20-16(2)24(3)25(21(20)27)18-12-8-5-9-13-18/h4-14,22H,1-3H3,(H,23,26)/b15-14-. The summed E-state index contributed by atoms with van der Waals surface area (Å²) in [5.41, 5.74) is 3.13. The Bertz CT molecular complexity index is 1030. The summed E-state index contributed by atoms with van der Waals surface area (Å²) >= 11 is 0. The maximum atomic E-state index is 12.9. The number of rotatable bonds is 5. The number of amides is 1. The first kappa shape index (κ1) is 18.3. The Kier molecular flexibility index (Phi) is 5.26. The van der Waals surface area contributed by atoms with Crippen molar-refractivity contribution in [3.8, 4) is 5.69 Å². The Morgan fingerprint density at radius 3 is 2.19 bits per heavy atom. The average Bonchev–Trinajstić information content (AvgIpc) is 2.86. The van der Waals surface area contributed by atoms with E-state index < -0.39 is 0 Å². The predicted molar refractivity (Wildman–Crippen MR) is 108 cm³/mol. The lowest BCUT2D eigenvalue weighted by Crippen LogP contribution is -2.21. The van der Waals surface area contributed by atoms with E-state index in [9.17, 15) is 9.59 Å². The number of carbonyl (C=O) groups is 1. The van der Waals surface area contributed by atoms with Crippen LogP contribution < -0.4 is 16.2 Å². The number of hydrogen-bond donors (Lipinski definition) is 2. The van der Waals surface area contributed by atoms with E-state index in [0.29, 0.717) is 17.1 Å². The molecule has 0 saturated carbocycles. The Hall–Kier alpha value is -3.54. The van der Waals surface area contributed by atoms with Crippen molar-refractivity contribution in [2.75, 3.05) is 10.6 Å². The number of carbonyl (C=O) groups excluding carboxylic acids is 1. The molecular formula is C21H22N4O2. The van der Waals surface area contributed by atoms with Crippen LogP contribution in [0.5, 0.6) is 0 Å². The highest BCUT2D eigenvalue weighted by Crippen LogP contribution is 2.15. The molecule has 0 bridgehead atoms. The van der Waals surface area contributed by atoms with Gasteiger partial charge in [-0.3, -0.25) is 14.3 Å². The van der Waals surface area contributed by atoms with Crippen LogP contribution >= 0.6 is 0 Å². The van der Waals surface area contributed by atoms with Crippen LogP contribution in [-0.2, 0) is 11.8 Å². The number of hydrogen-bond acceptors (Lipinski definition) is 3. The first-order chi connectivity index (χ1) is 13.0. The molecule has 0 unspecified atom stereocenters. The van der Waals surface area contributed by atoms with Crippen LogP contribution in [0.25, 0.3) is 5.69 Å². The third-order valence-corrected chi connectivity index (χ3v) is 4.27. The minimum Gasteiger partial charge on any atom is -0.353 e. The van der Waals surface area contributed by atoms with Gasteiger partial charge in [-0.1, -0.05) is 36.4 Å². The highest BCUT2D eigenvalue weighted by Gasteiger charge is 2.16. The van der Waals surface area contributed by atoms with Crippen molar-refractivity contribution < 1.29 is 4.79 Å². The Balaban J connectivity index is 1.83. The number of nitrogens with one attached hydrogen (secondary N) is 2. The molecule has 1 heterocycles. The van der Waals surface area contributed by atoms with Crippen LogP contribution in [0.15, 0.2) is 77.2 Å². The summed E-state index contributed by atoms with van der Waals surface area (Å²) in [6.07, 6.45) is 1.44. The minimum absolute atomic E-state index is 0.169. The lowest BCUT2D eigenvalue weighted by Gasteiger charge is -2.07. The van der Waals surface area contributed by atoms with Crippen LogP contribution in [0.4, 0.5) is 11.4 Å². The molecule has 3 aromatic rings. The van der Waals surface area contributed by atoms with E-state index in [4.69, 9.17) is 0 Å². The van der Waals surface area contributed by atoms with Crippen LogP contribution in [0.2, 0.25) is 0 Å². The van der Waals surface area contributed by atoms with Gasteiger partial charge in [0.1, 0.15) is 5.69 Å². The molecule has 1 amide bonds. The number of benzene rings is 2. The molecule has 0 fully saturated rings. The van der Waals surface area contributed by atoms with E-state index >= 15 is 0 Å². The molecule has 0 aliphatic heterocycles. The third kappa shape index (κ3) is 4.00. The van der Waals surface area contributed by atoms with Crippen molar-refractivity contribution in [1.29, 1.82) is 0 Å². The van der Waals surface area contributed by atoms with Gasteiger partial charge in [0.15, 0.2) is 0 Å². The van der Waals surface area contributed by atoms with Gasteiger partial charge in [0.05, 0.1) is 11.4 Å². The van der Waals surface area contributed by atoms with Crippen LogP contribution in [0.1, 0.15) is 12.6 Å². The predicted octanol–water partition coefficient (Wildman–Crippen LogP) is 3.44. The van der Waals surface area contributed by atoms with Crippen LogP contribution in [-0.4, -0.2) is 15.3 Å². The molecule has 0 saturated heterocycles. The fourth-order valence-electron chi connectivity index (χ4n) is 2.84. The SMILES string of the molecule is C/C(=C/C(=O)Nc1ccccc1)Nc1c(C)n(C)n(-c2ccccc2)c1=O. The van der Waals surface area contributed by atoms with Gasteiger partial charge in [0.2, 0.25) is 5.91 Å². The molecule has 0 radical (unpaired) electrons. The fourth-order valence-corrected chi connectivity index (χ4v) is 2.84. The molecule has 0 atom stereocenters. The Morgan fingerprint density at radius 1 is 0.963 bits per heavy atom. The van der Waals surface area contributed by atoms with Gasteiger partial charge in [0, 0.05) is 24.5 Å². The van der Waals surface area contributed by atoms with Crippen molar-refractivity contribution >= 4 is 17.3 Å². The molecule has 138 valence electrons. The van der Waals surface area contributed by atoms with Gasteiger partial charge in [0.25, 0.3) is 5.56 Å². The normalized spacial score (nSPS) is 11.3. The van der Waals surface area contributed by atoms with Crippen LogP contribution in [0.3, 0.4) is 0 Å². The largest absolute Gasteiger partial charge is 0.353 e. The first-order valence-electron chi connectivity index (χ1n) is 8.62. The van der Waals surface area contributed by atoms with Crippen molar-refractivity contribution in [3.63, 3.8) is 0 Å². The Labute approximate surface area is 157 Å². The summed E-state index contributed by atoms with van der Waals surface area (Å²) in [7, 11) is 1.83. The van der Waals surface area contributed by atoms with E-state index in [-0.39, 0.29) is 11.5 Å². The minimum atomic E-state index is -0.261. The summed E-state index contributed by atoms with van der Waals surface area (Å²) < 4.78 is 3.38. The van der Waals surface area contributed by atoms with E-state index in [2.05, 4.69) is 10.6 Å². The quantitative estimate of drug-likeness (QED) is 0.683. The van der Waals surface area contributed by atoms with E-state index in [1.165, 1.54) is 6.08 Å². The topological polar surface area (TPSA) is 68.1 Å². The molecule has 0 aliphatic rings. The molecule has 2 N–H and O–H groups in total. The molecule has 6 nitrogen and oxygen atoms in total. The van der Waals surface area contributed by atoms with Gasteiger partial charge < -0.3 is 10.6 Å². The monoisotopic (exact) mass is 362 g/mol. The molecule has 3 rings (SSSR count). The van der Waals surface area contributed by atoms with Gasteiger partial charge in [-0.25, -0.2) is 4.68 Å². The van der Waals surface area contributed by atoms with Crippen molar-refractivity contribution in [2.24, 2.45) is 7.05 Å². The number of aromatic nitrogens is 2. The second-order valence-electron chi connectivity index (χ2n) is 6.24. The third-order valence-electron chi connectivity index (χ3n) is 4.27. The second kappa shape index (κ2) is 7.78. The van der Waals surface area contributed by atoms with Gasteiger partial charge in [-0.2, -0.15) is 0 Å². The van der Waals surface area contributed by atoms with E-state index in [1.807, 2.05) is 74.6 Å².